The minimum atomic E-state index is -0.750. The van der Waals surface area contributed by atoms with Crippen molar-refractivity contribution in [1.29, 1.82) is 5.26 Å². The highest BCUT2D eigenvalue weighted by Gasteiger charge is 2.35. The third-order valence-electron chi connectivity index (χ3n) is 9.35. The van der Waals surface area contributed by atoms with Crippen molar-refractivity contribution < 1.29 is 22.6 Å². The Hall–Kier alpha value is -3.57. The SMILES string of the molecule is COc1nc2c3c(c(Cl)c(-c4ccc(F)c5sc(N)c(C#N)c45)c(F)c3n1)OCCN2C1CCCNC1.FC1CC2CCCN2C1. The molecule has 3 fully saturated rings. The van der Waals surface area contributed by atoms with E-state index in [9.17, 15) is 14.0 Å². The third kappa shape index (κ3) is 5.25. The van der Waals surface area contributed by atoms with Gasteiger partial charge in [0.25, 0.3) is 0 Å². The number of halogens is 4. The zero-order valence-electron chi connectivity index (χ0n) is 25.2. The second-order valence-corrected chi connectivity index (χ2v) is 13.4. The van der Waals surface area contributed by atoms with E-state index in [-0.39, 0.29) is 66.7 Å². The fraction of sp³-hybridized carbons (Fsp3) is 0.469. The number of anilines is 2. The van der Waals surface area contributed by atoms with E-state index in [0.29, 0.717) is 30.3 Å². The Morgan fingerprint density at radius 1 is 1.17 bits per heavy atom. The van der Waals surface area contributed by atoms with E-state index in [1.165, 1.54) is 32.1 Å². The molecule has 4 aromatic rings. The average molecular weight is 672 g/mol. The summed E-state index contributed by atoms with van der Waals surface area (Å²) in [7, 11) is 1.42. The first-order chi connectivity index (χ1) is 22.3. The standard InChI is InChI=1S/C25H21ClF2N6O2S.C7H12FN/c1-35-25-32-20-17-21(36-8-7-34(24(17)33-25)11-3-2-6-31-10-11)18(26)16(19(20)28)12-4-5-14(27)22-15(12)13(9-29)23(30)37-22;8-6-4-7-2-1-3-9(7)5-6/h4-5,11,31H,2-3,6-8,10,30H2,1H3;6-7H,1-5H2. The van der Waals surface area contributed by atoms with Crippen LogP contribution in [0.5, 0.6) is 11.8 Å². The van der Waals surface area contributed by atoms with Crippen LogP contribution in [0, 0.1) is 23.0 Å². The topological polar surface area (TPSA) is 113 Å². The molecule has 46 heavy (non-hydrogen) atoms. The van der Waals surface area contributed by atoms with Gasteiger partial charge in [-0.05, 0) is 56.8 Å². The molecule has 3 N–H and O–H groups in total. The largest absolute Gasteiger partial charge is 0.489 e. The highest BCUT2D eigenvalue weighted by molar-refractivity contribution is 7.23. The number of benzene rings is 2. The van der Waals surface area contributed by atoms with Gasteiger partial charge in [0.05, 0.1) is 34.3 Å². The molecule has 0 radical (unpaired) electrons. The van der Waals surface area contributed by atoms with Gasteiger partial charge in [0.15, 0.2) is 11.6 Å². The number of hydrogen-bond donors (Lipinski definition) is 2. The van der Waals surface area contributed by atoms with E-state index in [0.717, 1.165) is 50.2 Å². The van der Waals surface area contributed by atoms with Gasteiger partial charge in [0.1, 0.15) is 41.0 Å². The molecule has 0 bridgehead atoms. The van der Waals surface area contributed by atoms with Crippen LogP contribution >= 0.6 is 22.9 Å². The van der Waals surface area contributed by atoms with E-state index < -0.39 is 17.8 Å². The Kier molecular flexibility index (Phi) is 8.48. The van der Waals surface area contributed by atoms with Gasteiger partial charge in [-0.2, -0.15) is 15.2 Å². The zero-order chi connectivity index (χ0) is 32.1. The van der Waals surface area contributed by atoms with E-state index in [2.05, 4.69) is 25.1 Å². The highest BCUT2D eigenvalue weighted by Crippen LogP contribution is 2.50. The molecule has 3 saturated heterocycles. The number of nitrogens with two attached hydrogens (primary N) is 1. The number of nitrogens with zero attached hydrogens (tertiary/aromatic N) is 5. The number of methoxy groups -OCH3 is 1. The number of thiophene rings is 1. The molecule has 4 aliphatic rings. The summed E-state index contributed by atoms with van der Waals surface area (Å²) in [6.45, 7) is 4.33. The molecule has 4 aliphatic heterocycles. The van der Waals surface area contributed by atoms with Gasteiger partial charge in [0, 0.05) is 36.1 Å². The van der Waals surface area contributed by atoms with Crippen molar-refractivity contribution in [3.63, 3.8) is 0 Å². The molecule has 0 amide bonds. The van der Waals surface area contributed by atoms with Crippen molar-refractivity contribution in [2.24, 2.45) is 0 Å². The second kappa shape index (κ2) is 12.6. The van der Waals surface area contributed by atoms with Crippen LogP contribution in [-0.2, 0) is 0 Å². The van der Waals surface area contributed by atoms with Gasteiger partial charge in [-0.1, -0.05) is 17.7 Å². The molecule has 3 unspecified atom stereocenters. The molecule has 9 nitrogen and oxygen atoms in total. The van der Waals surface area contributed by atoms with Gasteiger partial charge in [-0.3, -0.25) is 4.90 Å². The lowest BCUT2D eigenvalue weighted by atomic mass is 9.96. The molecular formula is C32H33ClF3N7O2S. The van der Waals surface area contributed by atoms with Crippen LogP contribution in [0.1, 0.15) is 37.7 Å². The number of hydrogen-bond acceptors (Lipinski definition) is 10. The summed E-state index contributed by atoms with van der Waals surface area (Å²) in [5.74, 6) is -0.598. The van der Waals surface area contributed by atoms with Gasteiger partial charge < -0.3 is 25.4 Å². The quantitative estimate of drug-likeness (QED) is 0.269. The first kappa shape index (κ1) is 31.1. The minimum absolute atomic E-state index is 0.00182. The lowest BCUT2D eigenvalue weighted by molar-refractivity contribution is 0.292. The molecule has 2 aromatic carbocycles. The molecule has 0 saturated carbocycles. The third-order valence-corrected chi connectivity index (χ3v) is 10.7. The molecule has 0 aliphatic carbocycles. The Morgan fingerprint density at radius 2 is 2.00 bits per heavy atom. The normalized spacial score (nSPS) is 22.6. The van der Waals surface area contributed by atoms with Crippen molar-refractivity contribution >= 4 is 54.7 Å². The monoisotopic (exact) mass is 671 g/mol. The molecule has 6 heterocycles. The fourth-order valence-corrected chi connectivity index (χ4v) is 8.53. The average Bonchev–Trinajstić information content (AvgIpc) is 3.70. The van der Waals surface area contributed by atoms with E-state index >= 15 is 4.39 Å². The van der Waals surface area contributed by atoms with E-state index in [1.807, 2.05) is 6.07 Å². The Bertz CT molecular complexity index is 1850. The number of nitriles is 1. The Balaban J connectivity index is 0.000000321. The summed E-state index contributed by atoms with van der Waals surface area (Å²) in [5, 5.41) is 13.8. The van der Waals surface area contributed by atoms with E-state index in [4.69, 9.17) is 26.8 Å². The molecule has 8 rings (SSSR count). The van der Waals surface area contributed by atoms with Crippen LogP contribution in [0.25, 0.3) is 32.1 Å². The number of ether oxygens (including phenoxy) is 2. The van der Waals surface area contributed by atoms with Gasteiger partial charge in [-0.25, -0.2) is 13.2 Å². The van der Waals surface area contributed by atoms with Crippen molar-refractivity contribution in [1.82, 2.24) is 20.2 Å². The van der Waals surface area contributed by atoms with Crippen molar-refractivity contribution in [2.75, 3.05) is 57.1 Å². The molecule has 3 atom stereocenters. The van der Waals surface area contributed by atoms with Crippen molar-refractivity contribution in [3.05, 3.63) is 34.4 Å². The number of aromatic nitrogens is 2. The van der Waals surface area contributed by atoms with Crippen LogP contribution in [0.4, 0.5) is 24.0 Å². The number of nitrogens with one attached hydrogen (secondary N) is 1. The minimum Gasteiger partial charge on any atom is -0.489 e. The summed E-state index contributed by atoms with van der Waals surface area (Å²) in [6.07, 6.45) is 4.75. The number of alkyl halides is 1. The van der Waals surface area contributed by atoms with Crippen LogP contribution in [0.2, 0.25) is 5.02 Å². The molecular weight excluding hydrogens is 639 g/mol. The molecule has 242 valence electrons. The van der Waals surface area contributed by atoms with Crippen LogP contribution < -0.4 is 25.4 Å². The molecule has 14 heteroatoms. The number of rotatable bonds is 3. The molecule has 0 spiro atoms. The smallest absolute Gasteiger partial charge is 0.318 e. The number of nitrogen functional groups attached to an aromatic ring is 1. The van der Waals surface area contributed by atoms with Crippen molar-refractivity contribution in [2.45, 2.75) is 50.4 Å². The Labute approximate surface area is 273 Å². The van der Waals surface area contributed by atoms with Crippen LogP contribution in [-0.4, -0.2) is 79.6 Å². The van der Waals surface area contributed by atoms with Gasteiger partial charge in [0.2, 0.25) is 0 Å². The zero-order valence-corrected chi connectivity index (χ0v) is 26.8. The summed E-state index contributed by atoms with van der Waals surface area (Å²) in [6, 6.07) is 5.34. The van der Waals surface area contributed by atoms with Crippen molar-refractivity contribution in [3.8, 4) is 29.0 Å². The predicted octanol–water partition coefficient (Wildman–Crippen LogP) is 6.05. The lowest BCUT2D eigenvalue weighted by Gasteiger charge is -2.35. The maximum atomic E-state index is 16.5. The predicted molar refractivity (Wildman–Crippen MR) is 174 cm³/mol. The van der Waals surface area contributed by atoms with Crippen LogP contribution in [0.3, 0.4) is 0 Å². The second-order valence-electron chi connectivity index (χ2n) is 12.0. The molecule has 2 aromatic heterocycles. The summed E-state index contributed by atoms with van der Waals surface area (Å²) < 4.78 is 55.4. The van der Waals surface area contributed by atoms with Gasteiger partial charge >= 0.3 is 6.01 Å². The summed E-state index contributed by atoms with van der Waals surface area (Å²) >= 11 is 7.80. The fourth-order valence-electron chi connectivity index (χ4n) is 7.25. The maximum absolute atomic E-state index is 16.5. The first-order valence-corrected chi connectivity index (χ1v) is 16.7. The first-order valence-electron chi connectivity index (χ1n) is 15.5. The number of piperidine rings is 1. The summed E-state index contributed by atoms with van der Waals surface area (Å²) in [4.78, 5) is 13.3. The lowest BCUT2D eigenvalue weighted by Crippen LogP contribution is -2.47. The van der Waals surface area contributed by atoms with Crippen LogP contribution in [0.15, 0.2) is 12.1 Å². The van der Waals surface area contributed by atoms with Gasteiger partial charge in [-0.15, -0.1) is 11.3 Å². The number of fused-ring (bicyclic) bond motifs is 2. The summed E-state index contributed by atoms with van der Waals surface area (Å²) in [5.41, 5.74) is 6.21. The highest BCUT2D eigenvalue weighted by atomic mass is 35.5. The van der Waals surface area contributed by atoms with E-state index in [1.54, 1.807) is 0 Å². The Morgan fingerprint density at radius 3 is 2.74 bits per heavy atom. The maximum Gasteiger partial charge on any atom is 0.318 e.